The largest absolute Gasteiger partial charge is 0.478 e. The molecule has 6 heteroatoms. The van der Waals surface area contributed by atoms with Crippen LogP contribution in [-0.2, 0) is 0 Å². The van der Waals surface area contributed by atoms with Crippen LogP contribution in [0.4, 0.5) is 0 Å². The fourth-order valence-corrected chi connectivity index (χ4v) is 2.95. The highest BCUT2D eigenvalue weighted by Crippen LogP contribution is 2.34. The Bertz CT molecular complexity index is 514. The summed E-state index contributed by atoms with van der Waals surface area (Å²) in [5, 5.41) is 11.1. The summed E-state index contributed by atoms with van der Waals surface area (Å²) in [5.41, 5.74) is 0.188. The molecule has 0 fully saturated rings. The number of rotatable bonds is 3. The Labute approximate surface area is 105 Å². The number of halogens is 1. The van der Waals surface area contributed by atoms with Gasteiger partial charge < -0.3 is 5.11 Å². The predicted molar refractivity (Wildman–Crippen MR) is 64.6 cm³/mol. The predicted octanol–water partition coefficient (Wildman–Crippen LogP) is 3.65. The maximum absolute atomic E-state index is 10.7. The van der Waals surface area contributed by atoms with Gasteiger partial charge in [-0.15, -0.1) is 11.3 Å². The molecule has 0 spiro atoms. The van der Waals surface area contributed by atoms with E-state index in [2.05, 4.69) is 4.98 Å². The minimum atomic E-state index is -0.979. The molecule has 0 radical (unpaired) electrons. The monoisotopic (exact) mass is 271 g/mol. The van der Waals surface area contributed by atoms with Crippen molar-refractivity contribution in [2.24, 2.45) is 0 Å². The fraction of sp³-hybridized carbons (Fsp3) is 0. The quantitative estimate of drug-likeness (QED) is 0.926. The Balaban J connectivity index is 2.26. The van der Waals surface area contributed by atoms with Crippen LogP contribution in [0.5, 0.6) is 0 Å². The molecule has 1 aromatic heterocycles. The highest BCUT2D eigenvalue weighted by atomic mass is 35.5. The van der Waals surface area contributed by atoms with Gasteiger partial charge in [-0.1, -0.05) is 23.4 Å². The van der Waals surface area contributed by atoms with E-state index in [0.29, 0.717) is 5.02 Å². The van der Waals surface area contributed by atoms with Crippen molar-refractivity contribution in [1.29, 1.82) is 0 Å². The van der Waals surface area contributed by atoms with Crippen molar-refractivity contribution in [2.75, 3.05) is 0 Å². The number of aromatic nitrogens is 1. The molecular formula is C10H6ClNO2S2. The Hall–Kier alpha value is -1.04. The van der Waals surface area contributed by atoms with E-state index in [1.807, 2.05) is 5.38 Å². The van der Waals surface area contributed by atoms with Crippen LogP contribution < -0.4 is 0 Å². The molecule has 82 valence electrons. The zero-order valence-electron chi connectivity index (χ0n) is 7.88. The number of benzene rings is 1. The lowest BCUT2D eigenvalue weighted by Crippen LogP contribution is -1.95. The van der Waals surface area contributed by atoms with E-state index in [0.717, 1.165) is 9.24 Å². The fourth-order valence-electron chi connectivity index (χ4n) is 1.07. The molecule has 2 aromatic rings. The van der Waals surface area contributed by atoms with Crippen LogP contribution in [0.2, 0.25) is 5.02 Å². The summed E-state index contributed by atoms with van der Waals surface area (Å²) in [6.45, 7) is 0. The van der Waals surface area contributed by atoms with E-state index < -0.39 is 5.97 Å². The smallest absolute Gasteiger partial charge is 0.335 e. The maximum atomic E-state index is 10.7. The number of carbonyl (C=O) groups is 1. The number of thiazole rings is 1. The summed E-state index contributed by atoms with van der Waals surface area (Å²) in [5.74, 6) is -0.979. The lowest BCUT2D eigenvalue weighted by molar-refractivity contribution is 0.0697. The molecule has 2 rings (SSSR count). The van der Waals surface area contributed by atoms with Crippen molar-refractivity contribution in [3.63, 3.8) is 0 Å². The first kappa shape index (κ1) is 11.4. The average molecular weight is 272 g/mol. The Morgan fingerprint density at radius 3 is 2.88 bits per heavy atom. The highest BCUT2D eigenvalue weighted by Gasteiger charge is 2.08. The van der Waals surface area contributed by atoms with Gasteiger partial charge >= 0.3 is 5.97 Å². The molecule has 0 bridgehead atoms. The van der Waals surface area contributed by atoms with Crippen LogP contribution in [0.1, 0.15) is 10.4 Å². The van der Waals surface area contributed by atoms with Gasteiger partial charge in [-0.2, -0.15) is 0 Å². The second-order valence-electron chi connectivity index (χ2n) is 2.85. The van der Waals surface area contributed by atoms with Gasteiger partial charge in [0, 0.05) is 16.5 Å². The van der Waals surface area contributed by atoms with Crippen LogP contribution in [0.15, 0.2) is 39.0 Å². The molecule has 1 aromatic carbocycles. The number of hydrogen-bond acceptors (Lipinski definition) is 4. The molecule has 0 atom stereocenters. The minimum absolute atomic E-state index is 0.188. The number of aromatic carboxylic acids is 1. The van der Waals surface area contributed by atoms with E-state index >= 15 is 0 Å². The summed E-state index contributed by atoms with van der Waals surface area (Å²) in [6, 6.07) is 4.67. The molecule has 0 aliphatic rings. The van der Waals surface area contributed by atoms with Crippen LogP contribution in [0, 0.1) is 0 Å². The van der Waals surface area contributed by atoms with Gasteiger partial charge in [0.25, 0.3) is 0 Å². The molecule has 3 nitrogen and oxygen atoms in total. The van der Waals surface area contributed by atoms with E-state index in [1.54, 1.807) is 12.3 Å². The zero-order chi connectivity index (χ0) is 11.5. The van der Waals surface area contributed by atoms with E-state index in [-0.39, 0.29) is 5.56 Å². The van der Waals surface area contributed by atoms with Crippen LogP contribution in [-0.4, -0.2) is 16.1 Å². The number of nitrogens with zero attached hydrogens (tertiary/aromatic N) is 1. The zero-order valence-corrected chi connectivity index (χ0v) is 10.3. The Morgan fingerprint density at radius 1 is 1.50 bits per heavy atom. The minimum Gasteiger partial charge on any atom is -0.478 e. The van der Waals surface area contributed by atoms with Gasteiger partial charge in [-0.3, -0.25) is 0 Å². The summed E-state index contributed by atoms with van der Waals surface area (Å²) in [7, 11) is 0. The molecule has 0 saturated carbocycles. The van der Waals surface area contributed by atoms with Crippen molar-refractivity contribution >= 4 is 40.7 Å². The SMILES string of the molecule is O=C(O)c1ccc(Sc2nccs2)c(Cl)c1. The second-order valence-corrected chi connectivity index (χ2v) is 5.44. The van der Waals surface area contributed by atoms with Gasteiger partial charge in [0.2, 0.25) is 0 Å². The van der Waals surface area contributed by atoms with Crippen molar-refractivity contribution in [1.82, 2.24) is 4.98 Å². The lowest BCUT2D eigenvalue weighted by Gasteiger charge is -2.02. The van der Waals surface area contributed by atoms with E-state index in [1.165, 1.54) is 35.2 Å². The van der Waals surface area contributed by atoms with E-state index in [9.17, 15) is 4.79 Å². The topological polar surface area (TPSA) is 50.2 Å². The standard InChI is InChI=1S/C10H6ClNO2S2/c11-7-5-6(9(13)14)1-2-8(7)16-10-12-3-4-15-10/h1-5H,(H,13,14). The summed E-state index contributed by atoms with van der Waals surface area (Å²) < 4.78 is 0.880. The number of carboxylic acid groups (broad SMARTS) is 1. The van der Waals surface area contributed by atoms with Crippen LogP contribution in [0.3, 0.4) is 0 Å². The van der Waals surface area contributed by atoms with Gasteiger partial charge in [-0.25, -0.2) is 9.78 Å². The van der Waals surface area contributed by atoms with Gasteiger partial charge in [-0.05, 0) is 18.2 Å². The van der Waals surface area contributed by atoms with E-state index in [4.69, 9.17) is 16.7 Å². The molecule has 1 N–H and O–H groups in total. The highest BCUT2D eigenvalue weighted by molar-refractivity contribution is 8.01. The first-order valence-corrected chi connectivity index (χ1v) is 6.34. The average Bonchev–Trinajstić information content (AvgIpc) is 2.73. The maximum Gasteiger partial charge on any atom is 0.335 e. The van der Waals surface area contributed by atoms with Crippen molar-refractivity contribution in [3.05, 3.63) is 40.4 Å². The number of hydrogen-bond donors (Lipinski definition) is 1. The molecule has 0 saturated heterocycles. The molecule has 0 aliphatic carbocycles. The van der Waals surface area contributed by atoms with Gasteiger partial charge in [0.15, 0.2) is 4.34 Å². The third-order valence-electron chi connectivity index (χ3n) is 1.79. The Morgan fingerprint density at radius 2 is 2.31 bits per heavy atom. The van der Waals surface area contributed by atoms with Crippen molar-refractivity contribution in [3.8, 4) is 0 Å². The van der Waals surface area contributed by atoms with Gasteiger partial charge in [0.05, 0.1) is 10.6 Å². The van der Waals surface area contributed by atoms with Crippen molar-refractivity contribution < 1.29 is 9.90 Å². The first-order chi connectivity index (χ1) is 7.66. The summed E-state index contributed by atoms with van der Waals surface area (Å²) in [4.78, 5) is 15.6. The van der Waals surface area contributed by atoms with Crippen LogP contribution >= 0.6 is 34.7 Å². The summed E-state index contributed by atoms with van der Waals surface area (Å²) in [6.07, 6.45) is 1.71. The molecule has 0 unspecified atom stereocenters. The first-order valence-electron chi connectivity index (χ1n) is 4.27. The molecule has 0 amide bonds. The molecule has 16 heavy (non-hydrogen) atoms. The van der Waals surface area contributed by atoms with Gasteiger partial charge in [0.1, 0.15) is 0 Å². The van der Waals surface area contributed by atoms with Crippen molar-refractivity contribution in [2.45, 2.75) is 9.24 Å². The Kier molecular flexibility index (Phi) is 3.48. The molecule has 1 heterocycles. The van der Waals surface area contributed by atoms with Crippen LogP contribution in [0.25, 0.3) is 0 Å². The third-order valence-corrected chi connectivity index (χ3v) is 4.17. The molecule has 0 aliphatic heterocycles. The normalized spacial score (nSPS) is 10.3. The molecular weight excluding hydrogens is 266 g/mol. The third kappa shape index (κ3) is 2.55. The second kappa shape index (κ2) is 4.86. The lowest BCUT2D eigenvalue weighted by atomic mass is 10.2. The number of carboxylic acids is 1. The summed E-state index contributed by atoms with van der Waals surface area (Å²) >= 11 is 8.92.